The highest BCUT2D eigenvalue weighted by atomic mass is 16.1. The third-order valence-corrected chi connectivity index (χ3v) is 5.21. The lowest BCUT2D eigenvalue weighted by molar-refractivity contribution is -0.120. The third kappa shape index (κ3) is 3.52. The Morgan fingerprint density at radius 3 is 2.64 bits per heavy atom. The maximum Gasteiger partial charge on any atom is 0.228 e. The van der Waals surface area contributed by atoms with Gasteiger partial charge in [0.25, 0.3) is 0 Å². The topological polar surface area (TPSA) is 81.9 Å². The van der Waals surface area contributed by atoms with Crippen molar-refractivity contribution >= 4 is 28.3 Å². The van der Waals surface area contributed by atoms with Crippen molar-refractivity contribution in [3.05, 3.63) is 59.9 Å². The molecule has 1 saturated heterocycles. The van der Waals surface area contributed by atoms with Crippen molar-refractivity contribution in [2.75, 3.05) is 23.3 Å². The van der Waals surface area contributed by atoms with Gasteiger partial charge in [-0.3, -0.25) is 9.78 Å². The van der Waals surface area contributed by atoms with Crippen LogP contribution in [0.1, 0.15) is 24.0 Å². The molecule has 1 fully saturated rings. The Labute approximate surface area is 163 Å². The Morgan fingerprint density at radius 2 is 1.93 bits per heavy atom. The van der Waals surface area contributed by atoms with Crippen LogP contribution in [0.25, 0.3) is 10.9 Å². The Kier molecular flexibility index (Phi) is 4.90. The van der Waals surface area contributed by atoms with E-state index < -0.39 is 0 Å². The van der Waals surface area contributed by atoms with Gasteiger partial charge in [0.2, 0.25) is 5.91 Å². The minimum absolute atomic E-state index is 0.0103. The van der Waals surface area contributed by atoms with Gasteiger partial charge in [0, 0.05) is 36.8 Å². The van der Waals surface area contributed by atoms with E-state index in [1.54, 1.807) is 12.4 Å². The highest BCUT2D eigenvalue weighted by molar-refractivity contribution is 5.95. The molecule has 0 radical (unpaired) electrons. The van der Waals surface area contributed by atoms with Crippen LogP contribution >= 0.6 is 0 Å². The summed E-state index contributed by atoms with van der Waals surface area (Å²) in [6.07, 6.45) is 4.86. The molecule has 2 aromatic heterocycles. The number of carbonyl (C=O) groups is 1. The lowest BCUT2D eigenvalue weighted by Gasteiger charge is -2.34. The number of amides is 1. The first-order chi connectivity index (χ1) is 13.7. The van der Waals surface area contributed by atoms with Gasteiger partial charge in [-0.2, -0.15) is 5.26 Å². The van der Waals surface area contributed by atoms with E-state index in [1.165, 1.54) is 0 Å². The number of nitrogens with one attached hydrogen (secondary N) is 1. The summed E-state index contributed by atoms with van der Waals surface area (Å²) in [6, 6.07) is 13.9. The zero-order valence-corrected chi connectivity index (χ0v) is 15.7. The van der Waals surface area contributed by atoms with Crippen LogP contribution in [0.5, 0.6) is 0 Å². The fraction of sp³-hybridized carbons (Fsp3) is 0.273. The first-order valence-electron chi connectivity index (χ1n) is 9.42. The first kappa shape index (κ1) is 17.9. The van der Waals surface area contributed by atoms with E-state index in [0.717, 1.165) is 48.1 Å². The summed E-state index contributed by atoms with van der Waals surface area (Å²) in [4.78, 5) is 23.4. The van der Waals surface area contributed by atoms with Gasteiger partial charge in [0.05, 0.1) is 16.8 Å². The smallest absolute Gasteiger partial charge is 0.228 e. The molecule has 28 heavy (non-hydrogen) atoms. The molecule has 1 N–H and O–H groups in total. The molecule has 0 spiro atoms. The number of nitrogens with zero attached hydrogens (tertiary/aromatic N) is 4. The van der Waals surface area contributed by atoms with E-state index in [2.05, 4.69) is 26.3 Å². The predicted octanol–water partition coefficient (Wildman–Crippen LogP) is 3.67. The summed E-state index contributed by atoms with van der Waals surface area (Å²) in [5.74, 6) is 0.541. The summed E-state index contributed by atoms with van der Waals surface area (Å²) in [7, 11) is 0. The molecule has 0 saturated carbocycles. The molecule has 140 valence electrons. The van der Waals surface area contributed by atoms with Gasteiger partial charge in [0.15, 0.2) is 0 Å². The molecule has 0 bridgehead atoms. The molecule has 0 atom stereocenters. The largest absolute Gasteiger partial charge is 0.370 e. The second-order valence-electron chi connectivity index (χ2n) is 7.12. The van der Waals surface area contributed by atoms with Gasteiger partial charge in [-0.25, -0.2) is 4.98 Å². The molecule has 1 aliphatic rings. The van der Waals surface area contributed by atoms with Crippen LogP contribution in [0.2, 0.25) is 0 Å². The number of aryl methyl sites for hydroxylation is 1. The van der Waals surface area contributed by atoms with Crippen LogP contribution < -0.4 is 10.2 Å². The number of nitriles is 1. The zero-order valence-electron chi connectivity index (χ0n) is 15.7. The van der Waals surface area contributed by atoms with Crippen molar-refractivity contribution < 1.29 is 4.79 Å². The van der Waals surface area contributed by atoms with Crippen molar-refractivity contribution in [3.8, 4) is 6.07 Å². The van der Waals surface area contributed by atoms with Crippen molar-refractivity contribution in [1.82, 2.24) is 9.97 Å². The Morgan fingerprint density at radius 1 is 1.14 bits per heavy atom. The normalized spacial score (nSPS) is 14.6. The number of hydrogen-bond acceptors (Lipinski definition) is 5. The van der Waals surface area contributed by atoms with Crippen molar-refractivity contribution in [1.29, 1.82) is 5.26 Å². The van der Waals surface area contributed by atoms with E-state index in [4.69, 9.17) is 0 Å². The van der Waals surface area contributed by atoms with Crippen LogP contribution in [-0.2, 0) is 4.79 Å². The van der Waals surface area contributed by atoms with Crippen LogP contribution in [0.15, 0.2) is 48.8 Å². The van der Waals surface area contributed by atoms with Gasteiger partial charge in [-0.15, -0.1) is 0 Å². The number of pyridine rings is 2. The molecule has 1 amide bonds. The Hall–Kier alpha value is -3.46. The van der Waals surface area contributed by atoms with Crippen LogP contribution in [-0.4, -0.2) is 29.0 Å². The van der Waals surface area contributed by atoms with Gasteiger partial charge in [-0.1, -0.05) is 24.3 Å². The molecule has 0 unspecified atom stereocenters. The number of fused-ring (bicyclic) bond motifs is 1. The monoisotopic (exact) mass is 371 g/mol. The average molecular weight is 371 g/mol. The van der Waals surface area contributed by atoms with Crippen molar-refractivity contribution in [2.45, 2.75) is 19.8 Å². The van der Waals surface area contributed by atoms with Gasteiger partial charge in [0.1, 0.15) is 11.9 Å². The van der Waals surface area contributed by atoms with Crippen LogP contribution in [0, 0.1) is 24.2 Å². The number of aromatic nitrogens is 2. The minimum atomic E-state index is -0.0574. The molecular weight excluding hydrogens is 350 g/mol. The second kappa shape index (κ2) is 7.65. The lowest BCUT2D eigenvalue weighted by Crippen LogP contribution is -2.38. The fourth-order valence-corrected chi connectivity index (χ4v) is 3.68. The average Bonchev–Trinajstić information content (AvgIpc) is 2.74. The molecule has 6 heteroatoms. The van der Waals surface area contributed by atoms with Gasteiger partial charge < -0.3 is 10.2 Å². The first-order valence-corrected chi connectivity index (χ1v) is 9.42. The maximum absolute atomic E-state index is 12.6. The van der Waals surface area contributed by atoms with E-state index in [-0.39, 0.29) is 11.8 Å². The standard InChI is InChI=1S/C22H21N5O/c1-15-6-7-20(25-13-15)26-22(28)16-8-10-27(11-9-16)21-17(12-23)14-24-19-5-3-2-4-18(19)21/h2-7,13-14,16H,8-11H2,1H3,(H,25,26,28). The minimum Gasteiger partial charge on any atom is -0.370 e. The Bertz CT molecular complexity index is 1050. The number of anilines is 2. The van der Waals surface area contributed by atoms with Crippen molar-refractivity contribution in [2.24, 2.45) is 5.92 Å². The highest BCUT2D eigenvalue weighted by Gasteiger charge is 2.27. The summed E-state index contributed by atoms with van der Waals surface area (Å²) >= 11 is 0. The predicted molar refractivity (Wildman–Crippen MR) is 109 cm³/mol. The number of hydrogen-bond donors (Lipinski definition) is 1. The molecule has 6 nitrogen and oxygen atoms in total. The van der Waals surface area contributed by atoms with Gasteiger partial charge >= 0.3 is 0 Å². The van der Waals surface area contributed by atoms with Crippen molar-refractivity contribution in [3.63, 3.8) is 0 Å². The van der Waals surface area contributed by atoms with E-state index in [0.29, 0.717) is 11.4 Å². The van der Waals surface area contributed by atoms with E-state index in [9.17, 15) is 10.1 Å². The van der Waals surface area contributed by atoms with Crippen LogP contribution in [0.4, 0.5) is 11.5 Å². The molecule has 1 aromatic carbocycles. The SMILES string of the molecule is Cc1ccc(NC(=O)C2CCN(c3c(C#N)cnc4ccccc34)CC2)nc1. The fourth-order valence-electron chi connectivity index (χ4n) is 3.68. The maximum atomic E-state index is 12.6. The number of piperidine rings is 1. The molecular formula is C22H21N5O. The second-order valence-corrected chi connectivity index (χ2v) is 7.12. The Balaban J connectivity index is 1.49. The third-order valence-electron chi connectivity index (χ3n) is 5.21. The summed E-state index contributed by atoms with van der Waals surface area (Å²) in [5, 5.41) is 13.4. The summed E-state index contributed by atoms with van der Waals surface area (Å²) in [6.45, 7) is 3.41. The quantitative estimate of drug-likeness (QED) is 0.760. The number of benzene rings is 1. The molecule has 3 heterocycles. The molecule has 4 rings (SSSR count). The number of rotatable bonds is 3. The van der Waals surface area contributed by atoms with E-state index >= 15 is 0 Å². The summed E-state index contributed by atoms with van der Waals surface area (Å²) in [5.41, 5.74) is 3.43. The molecule has 0 aliphatic carbocycles. The number of para-hydroxylation sites is 1. The lowest BCUT2D eigenvalue weighted by atomic mass is 9.94. The van der Waals surface area contributed by atoms with E-state index in [1.807, 2.05) is 43.3 Å². The highest BCUT2D eigenvalue weighted by Crippen LogP contribution is 2.32. The zero-order chi connectivity index (χ0) is 19.5. The molecule has 3 aromatic rings. The van der Waals surface area contributed by atoms with Gasteiger partial charge in [-0.05, 0) is 37.5 Å². The number of carbonyl (C=O) groups excluding carboxylic acids is 1. The summed E-state index contributed by atoms with van der Waals surface area (Å²) < 4.78 is 0. The van der Waals surface area contributed by atoms with Crippen LogP contribution in [0.3, 0.4) is 0 Å². The molecule has 1 aliphatic heterocycles.